The summed E-state index contributed by atoms with van der Waals surface area (Å²) in [5.41, 5.74) is 0. The second kappa shape index (κ2) is 3.52. The van der Waals surface area contributed by atoms with Gasteiger partial charge in [0.25, 0.3) is 0 Å². The van der Waals surface area contributed by atoms with Crippen molar-refractivity contribution in [2.45, 2.75) is 38.8 Å². The van der Waals surface area contributed by atoms with Crippen molar-refractivity contribution in [2.75, 3.05) is 7.11 Å². The molecule has 1 N–H and O–H groups in total. The lowest BCUT2D eigenvalue weighted by atomic mass is 10.0. The quantitative estimate of drug-likeness (QED) is 0.648. The normalized spacial score (nSPS) is 40.9. The third-order valence-electron chi connectivity index (χ3n) is 2.15. The lowest BCUT2D eigenvalue weighted by molar-refractivity contribution is -0.146. The van der Waals surface area contributed by atoms with Crippen molar-refractivity contribution in [1.82, 2.24) is 0 Å². The molecule has 0 aliphatic carbocycles. The zero-order valence-corrected chi connectivity index (χ0v) is 7.28. The molecular weight excluding hydrogens is 144 g/mol. The molecule has 0 aromatic carbocycles. The molecule has 0 spiro atoms. The standard InChI is InChI=1S/C8H16O3/c1-5-4-7(6(2)9)11-8(5)10-3/h5-9H,4H2,1-3H3. The van der Waals surface area contributed by atoms with Crippen molar-refractivity contribution in [2.24, 2.45) is 5.92 Å². The average Bonchev–Trinajstić information content (AvgIpc) is 2.31. The number of aliphatic hydroxyl groups is 1. The summed E-state index contributed by atoms with van der Waals surface area (Å²) in [5.74, 6) is 0.389. The largest absolute Gasteiger partial charge is 0.391 e. The van der Waals surface area contributed by atoms with Crippen molar-refractivity contribution < 1.29 is 14.6 Å². The maximum Gasteiger partial charge on any atom is 0.160 e. The molecule has 0 bridgehead atoms. The van der Waals surface area contributed by atoms with E-state index < -0.39 is 6.10 Å². The minimum atomic E-state index is -0.391. The van der Waals surface area contributed by atoms with Gasteiger partial charge in [0.15, 0.2) is 6.29 Å². The van der Waals surface area contributed by atoms with E-state index in [0.717, 1.165) is 6.42 Å². The minimum Gasteiger partial charge on any atom is -0.391 e. The van der Waals surface area contributed by atoms with Crippen molar-refractivity contribution in [3.05, 3.63) is 0 Å². The Morgan fingerprint density at radius 1 is 1.64 bits per heavy atom. The average molecular weight is 160 g/mol. The first kappa shape index (κ1) is 8.97. The first-order chi connectivity index (χ1) is 5.15. The summed E-state index contributed by atoms with van der Waals surface area (Å²) in [7, 11) is 1.63. The van der Waals surface area contributed by atoms with Crippen LogP contribution in [0.4, 0.5) is 0 Å². The number of aliphatic hydroxyl groups excluding tert-OH is 1. The minimum absolute atomic E-state index is 0.0463. The molecule has 3 heteroatoms. The third-order valence-corrected chi connectivity index (χ3v) is 2.15. The highest BCUT2D eigenvalue weighted by Crippen LogP contribution is 2.27. The molecule has 1 rings (SSSR count). The van der Waals surface area contributed by atoms with Gasteiger partial charge in [0.1, 0.15) is 0 Å². The van der Waals surface area contributed by atoms with Crippen LogP contribution < -0.4 is 0 Å². The Bertz CT molecular complexity index is 125. The zero-order chi connectivity index (χ0) is 8.43. The molecule has 0 amide bonds. The summed E-state index contributed by atoms with van der Waals surface area (Å²) < 4.78 is 10.5. The van der Waals surface area contributed by atoms with E-state index in [0.29, 0.717) is 5.92 Å². The molecular formula is C8H16O3. The van der Waals surface area contributed by atoms with E-state index in [2.05, 4.69) is 6.92 Å². The Balaban J connectivity index is 2.43. The Morgan fingerprint density at radius 3 is 2.55 bits per heavy atom. The highest BCUT2D eigenvalue weighted by molar-refractivity contribution is 4.77. The molecule has 0 radical (unpaired) electrons. The SMILES string of the molecule is COC1OC(C(C)O)CC1C. The molecule has 1 aliphatic heterocycles. The summed E-state index contributed by atoms with van der Waals surface area (Å²) in [6.45, 7) is 3.81. The van der Waals surface area contributed by atoms with Gasteiger partial charge in [-0.1, -0.05) is 6.92 Å². The lowest BCUT2D eigenvalue weighted by Crippen LogP contribution is -2.23. The molecule has 1 fully saturated rings. The monoisotopic (exact) mass is 160 g/mol. The highest BCUT2D eigenvalue weighted by Gasteiger charge is 2.34. The molecule has 3 nitrogen and oxygen atoms in total. The Labute approximate surface area is 67.3 Å². The predicted octanol–water partition coefficient (Wildman–Crippen LogP) is 0.765. The fraction of sp³-hybridized carbons (Fsp3) is 1.00. The van der Waals surface area contributed by atoms with E-state index in [1.807, 2.05) is 0 Å². The van der Waals surface area contributed by atoms with Crippen LogP contribution in [0.5, 0.6) is 0 Å². The fourth-order valence-electron chi connectivity index (χ4n) is 1.44. The summed E-state index contributed by atoms with van der Waals surface area (Å²) in [6, 6.07) is 0. The van der Waals surface area contributed by atoms with E-state index in [1.165, 1.54) is 0 Å². The second-order valence-electron chi connectivity index (χ2n) is 3.23. The molecule has 0 aromatic rings. The van der Waals surface area contributed by atoms with Crippen LogP contribution in [0.3, 0.4) is 0 Å². The van der Waals surface area contributed by atoms with Crippen molar-refractivity contribution in [1.29, 1.82) is 0 Å². The number of hydrogen-bond acceptors (Lipinski definition) is 3. The molecule has 1 heterocycles. The maximum atomic E-state index is 9.20. The third kappa shape index (κ3) is 1.92. The number of hydrogen-bond donors (Lipinski definition) is 1. The Morgan fingerprint density at radius 2 is 2.27 bits per heavy atom. The first-order valence-corrected chi connectivity index (χ1v) is 4.01. The smallest absolute Gasteiger partial charge is 0.160 e. The van der Waals surface area contributed by atoms with Crippen molar-refractivity contribution >= 4 is 0 Å². The van der Waals surface area contributed by atoms with Gasteiger partial charge >= 0.3 is 0 Å². The summed E-state index contributed by atoms with van der Waals surface area (Å²) in [6.07, 6.45) is 0.318. The van der Waals surface area contributed by atoms with Gasteiger partial charge in [0.05, 0.1) is 12.2 Å². The van der Waals surface area contributed by atoms with E-state index >= 15 is 0 Å². The first-order valence-electron chi connectivity index (χ1n) is 4.01. The van der Waals surface area contributed by atoms with Crippen LogP contribution in [-0.4, -0.2) is 30.7 Å². The van der Waals surface area contributed by atoms with Crippen molar-refractivity contribution in [3.63, 3.8) is 0 Å². The van der Waals surface area contributed by atoms with Gasteiger partial charge in [-0.05, 0) is 13.3 Å². The molecule has 1 saturated heterocycles. The van der Waals surface area contributed by atoms with Crippen LogP contribution in [0, 0.1) is 5.92 Å². The number of ether oxygens (including phenoxy) is 2. The van der Waals surface area contributed by atoms with Gasteiger partial charge in [-0.2, -0.15) is 0 Å². The van der Waals surface area contributed by atoms with Crippen LogP contribution in [0.15, 0.2) is 0 Å². The topological polar surface area (TPSA) is 38.7 Å². The van der Waals surface area contributed by atoms with E-state index in [-0.39, 0.29) is 12.4 Å². The summed E-state index contributed by atoms with van der Waals surface area (Å²) >= 11 is 0. The molecule has 1 aliphatic rings. The number of rotatable bonds is 2. The highest BCUT2D eigenvalue weighted by atomic mass is 16.7. The fourth-order valence-corrected chi connectivity index (χ4v) is 1.44. The molecule has 11 heavy (non-hydrogen) atoms. The van der Waals surface area contributed by atoms with Crippen LogP contribution in [-0.2, 0) is 9.47 Å². The lowest BCUT2D eigenvalue weighted by Gasteiger charge is -2.14. The van der Waals surface area contributed by atoms with Crippen LogP contribution in [0.2, 0.25) is 0 Å². The van der Waals surface area contributed by atoms with Gasteiger partial charge in [0, 0.05) is 13.0 Å². The summed E-state index contributed by atoms with van der Waals surface area (Å²) in [5, 5.41) is 9.20. The molecule has 66 valence electrons. The van der Waals surface area contributed by atoms with Gasteiger partial charge in [0.2, 0.25) is 0 Å². The molecule has 0 saturated carbocycles. The van der Waals surface area contributed by atoms with E-state index in [4.69, 9.17) is 9.47 Å². The Kier molecular flexibility index (Phi) is 2.87. The van der Waals surface area contributed by atoms with E-state index in [1.54, 1.807) is 14.0 Å². The zero-order valence-electron chi connectivity index (χ0n) is 7.28. The molecule has 0 aromatic heterocycles. The second-order valence-corrected chi connectivity index (χ2v) is 3.23. The van der Waals surface area contributed by atoms with Crippen LogP contribution >= 0.6 is 0 Å². The van der Waals surface area contributed by atoms with Crippen LogP contribution in [0.25, 0.3) is 0 Å². The Hall–Kier alpha value is -0.120. The van der Waals surface area contributed by atoms with E-state index in [9.17, 15) is 5.11 Å². The molecule has 4 atom stereocenters. The predicted molar refractivity (Wildman–Crippen MR) is 41.1 cm³/mol. The number of methoxy groups -OCH3 is 1. The summed E-state index contributed by atoms with van der Waals surface area (Å²) in [4.78, 5) is 0. The van der Waals surface area contributed by atoms with Gasteiger partial charge < -0.3 is 14.6 Å². The van der Waals surface area contributed by atoms with Crippen LogP contribution in [0.1, 0.15) is 20.3 Å². The van der Waals surface area contributed by atoms with Gasteiger partial charge in [-0.15, -0.1) is 0 Å². The molecule has 4 unspecified atom stereocenters. The van der Waals surface area contributed by atoms with Gasteiger partial charge in [-0.3, -0.25) is 0 Å². The maximum absolute atomic E-state index is 9.20. The van der Waals surface area contributed by atoms with Crippen molar-refractivity contribution in [3.8, 4) is 0 Å². The van der Waals surface area contributed by atoms with Gasteiger partial charge in [-0.25, -0.2) is 0 Å².